The van der Waals surface area contributed by atoms with E-state index in [0.29, 0.717) is 24.5 Å². The Hall–Kier alpha value is -3.39. The Kier molecular flexibility index (Phi) is 6.70. The number of para-hydroxylation sites is 1. The van der Waals surface area contributed by atoms with Gasteiger partial charge in [-0.3, -0.25) is 9.69 Å². The van der Waals surface area contributed by atoms with Crippen LogP contribution in [0.5, 0.6) is 5.75 Å². The van der Waals surface area contributed by atoms with Gasteiger partial charge in [-0.15, -0.1) is 10.2 Å². The number of nitrogens with zero attached hydrogens (tertiary/aromatic N) is 4. The lowest BCUT2D eigenvalue weighted by molar-refractivity contribution is 0.0948. The standard InChI is InChI=1S/C24H29N5O3/c1-4-13-31-21-8-6-5-7-19(21)16-28-10-9-22-26-27-23(29(22)12-11-28)15-25-24(30)20-14-17(2)32-18(20)3/h4-8,14H,1,9-13,15-16H2,2-3H3,(H,25,30). The van der Waals surface area contributed by atoms with Crippen molar-refractivity contribution in [3.63, 3.8) is 0 Å². The fraction of sp³-hybridized carbons (Fsp3) is 0.375. The maximum atomic E-state index is 12.5. The summed E-state index contributed by atoms with van der Waals surface area (Å²) in [6, 6.07) is 9.87. The van der Waals surface area contributed by atoms with E-state index in [2.05, 4.69) is 37.6 Å². The minimum absolute atomic E-state index is 0.164. The van der Waals surface area contributed by atoms with Crippen LogP contribution in [-0.4, -0.2) is 45.3 Å². The zero-order valence-electron chi connectivity index (χ0n) is 18.6. The second-order valence-corrected chi connectivity index (χ2v) is 7.93. The molecule has 2 aromatic heterocycles. The van der Waals surface area contributed by atoms with Gasteiger partial charge >= 0.3 is 0 Å². The maximum absolute atomic E-state index is 12.5. The van der Waals surface area contributed by atoms with Crippen molar-refractivity contribution in [2.75, 3.05) is 19.7 Å². The van der Waals surface area contributed by atoms with E-state index in [1.165, 1.54) is 0 Å². The molecular weight excluding hydrogens is 406 g/mol. The minimum atomic E-state index is -0.164. The number of hydrogen-bond acceptors (Lipinski definition) is 6. The summed E-state index contributed by atoms with van der Waals surface area (Å²) in [5.74, 6) is 3.78. The summed E-state index contributed by atoms with van der Waals surface area (Å²) in [5.41, 5.74) is 1.71. The van der Waals surface area contributed by atoms with Crippen LogP contribution in [0, 0.1) is 13.8 Å². The zero-order chi connectivity index (χ0) is 22.5. The quantitative estimate of drug-likeness (QED) is 0.548. The summed E-state index contributed by atoms with van der Waals surface area (Å²) in [6.07, 6.45) is 2.56. The van der Waals surface area contributed by atoms with E-state index in [1.54, 1.807) is 19.1 Å². The first-order chi connectivity index (χ1) is 15.5. The SMILES string of the molecule is C=CCOc1ccccc1CN1CCc2nnc(CNC(=O)c3cc(C)oc3C)n2CC1. The molecule has 1 aromatic carbocycles. The summed E-state index contributed by atoms with van der Waals surface area (Å²) in [5, 5.41) is 11.6. The van der Waals surface area contributed by atoms with Crippen molar-refractivity contribution in [3.05, 3.63) is 77.3 Å². The smallest absolute Gasteiger partial charge is 0.255 e. The predicted molar refractivity (Wildman–Crippen MR) is 120 cm³/mol. The van der Waals surface area contributed by atoms with Crippen LogP contribution in [0.15, 0.2) is 47.4 Å². The molecule has 8 heteroatoms. The molecule has 0 saturated heterocycles. The van der Waals surface area contributed by atoms with Crippen LogP contribution in [0.2, 0.25) is 0 Å². The zero-order valence-corrected chi connectivity index (χ0v) is 18.6. The third kappa shape index (κ3) is 4.91. The lowest BCUT2D eigenvalue weighted by atomic mass is 10.2. The Morgan fingerprint density at radius 1 is 1.25 bits per heavy atom. The fourth-order valence-corrected chi connectivity index (χ4v) is 3.99. The van der Waals surface area contributed by atoms with Crippen LogP contribution in [0.4, 0.5) is 0 Å². The van der Waals surface area contributed by atoms with Gasteiger partial charge in [-0.25, -0.2) is 0 Å². The summed E-state index contributed by atoms with van der Waals surface area (Å²) in [4.78, 5) is 14.9. The fourth-order valence-electron chi connectivity index (χ4n) is 3.99. The maximum Gasteiger partial charge on any atom is 0.255 e. The third-order valence-electron chi connectivity index (χ3n) is 5.61. The van der Waals surface area contributed by atoms with Crippen molar-refractivity contribution in [2.24, 2.45) is 0 Å². The average Bonchev–Trinajstić information content (AvgIpc) is 3.27. The second kappa shape index (κ2) is 9.82. The molecule has 3 aromatic rings. The molecule has 32 heavy (non-hydrogen) atoms. The molecule has 1 aliphatic heterocycles. The Morgan fingerprint density at radius 3 is 2.88 bits per heavy atom. The topological polar surface area (TPSA) is 85.4 Å². The highest BCUT2D eigenvalue weighted by Gasteiger charge is 2.21. The van der Waals surface area contributed by atoms with Gasteiger partial charge in [0.1, 0.15) is 29.7 Å². The molecule has 168 valence electrons. The molecule has 1 aliphatic rings. The number of nitrogens with one attached hydrogen (secondary N) is 1. The van der Waals surface area contributed by atoms with E-state index < -0.39 is 0 Å². The molecule has 0 bridgehead atoms. The number of furan rings is 1. The van der Waals surface area contributed by atoms with Gasteiger partial charge in [-0.2, -0.15) is 0 Å². The Morgan fingerprint density at radius 2 is 2.09 bits per heavy atom. The van der Waals surface area contributed by atoms with Crippen molar-refractivity contribution in [3.8, 4) is 5.75 Å². The van der Waals surface area contributed by atoms with Gasteiger partial charge in [0.25, 0.3) is 5.91 Å². The van der Waals surface area contributed by atoms with Gasteiger partial charge in [0.05, 0.1) is 12.1 Å². The Balaban J connectivity index is 1.38. The highest BCUT2D eigenvalue weighted by atomic mass is 16.5. The number of carbonyl (C=O) groups excluding carboxylic acids is 1. The lowest BCUT2D eigenvalue weighted by Gasteiger charge is -2.21. The van der Waals surface area contributed by atoms with Crippen molar-refractivity contribution in [1.29, 1.82) is 0 Å². The number of carbonyl (C=O) groups is 1. The van der Waals surface area contributed by atoms with Gasteiger partial charge in [0.2, 0.25) is 0 Å². The van der Waals surface area contributed by atoms with Gasteiger partial charge in [0, 0.05) is 38.2 Å². The molecule has 1 N–H and O–H groups in total. The van der Waals surface area contributed by atoms with Crippen molar-refractivity contribution in [2.45, 2.75) is 39.9 Å². The summed E-state index contributed by atoms with van der Waals surface area (Å²) >= 11 is 0. The molecular formula is C24H29N5O3. The number of amides is 1. The molecule has 0 saturated carbocycles. The molecule has 0 spiro atoms. The summed E-state index contributed by atoms with van der Waals surface area (Å²) in [6.45, 7) is 11.5. The number of rotatable bonds is 8. The van der Waals surface area contributed by atoms with Gasteiger partial charge in [0.15, 0.2) is 5.82 Å². The van der Waals surface area contributed by atoms with E-state index >= 15 is 0 Å². The van der Waals surface area contributed by atoms with Crippen LogP contribution < -0.4 is 10.1 Å². The molecule has 0 radical (unpaired) electrons. The Labute approximate surface area is 187 Å². The number of benzene rings is 1. The highest BCUT2D eigenvalue weighted by molar-refractivity contribution is 5.95. The van der Waals surface area contributed by atoms with E-state index in [0.717, 1.165) is 61.3 Å². The van der Waals surface area contributed by atoms with E-state index in [-0.39, 0.29) is 5.91 Å². The second-order valence-electron chi connectivity index (χ2n) is 7.93. The molecule has 1 amide bonds. The molecule has 0 atom stereocenters. The molecule has 0 aliphatic carbocycles. The summed E-state index contributed by atoms with van der Waals surface area (Å²) in [7, 11) is 0. The first-order valence-corrected chi connectivity index (χ1v) is 10.8. The van der Waals surface area contributed by atoms with Crippen LogP contribution in [0.3, 0.4) is 0 Å². The van der Waals surface area contributed by atoms with Crippen molar-refractivity contribution in [1.82, 2.24) is 25.0 Å². The minimum Gasteiger partial charge on any atom is -0.489 e. The number of ether oxygens (including phenoxy) is 1. The van der Waals surface area contributed by atoms with Crippen LogP contribution in [-0.2, 0) is 26.1 Å². The van der Waals surface area contributed by atoms with E-state index in [9.17, 15) is 4.79 Å². The first-order valence-electron chi connectivity index (χ1n) is 10.8. The van der Waals surface area contributed by atoms with E-state index in [1.807, 2.05) is 25.1 Å². The van der Waals surface area contributed by atoms with Crippen molar-refractivity contribution < 1.29 is 13.9 Å². The number of fused-ring (bicyclic) bond motifs is 1. The monoisotopic (exact) mass is 435 g/mol. The number of aromatic nitrogens is 3. The van der Waals surface area contributed by atoms with Crippen LogP contribution in [0.25, 0.3) is 0 Å². The predicted octanol–water partition coefficient (Wildman–Crippen LogP) is 3.04. The highest BCUT2D eigenvalue weighted by Crippen LogP contribution is 2.21. The van der Waals surface area contributed by atoms with Crippen LogP contribution in [0.1, 0.15) is 39.1 Å². The molecule has 8 nitrogen and oxygen atoms in total. The number of hydrogen-bond donors (Lipinski definition) is 1. The van der Waals surface area contributed by atoms with Gasteiger partial charge in [-0.05, 0) is 26.0 Å². The molecule has 0 unspecified atom stereocenters. The largest absolute Gasteiger partial charge is 0.489 e. The summed E-state index contributed by atoms with van der Waals surface area (Å²) < 4.78 is 13.4. The molecule has 4 rings (SSSR count). The molecule has 0 fully saturated rings. The van der Waals surface area contributed by atoms with Gasteiger partial charge in [-0.1, -0.05) is 30.9 Å². The Bertz CT molecular complexity index is 1100. The van der Waals surface area contributed by atoms with Crippen LogP contribution >= 0.6 is 0 Å². The third-order valence-corrected chi connectivity index (χ3v) is 5.61. The average molecular weight is 436 g/mol. The molecule has 3 heterocycles. The van der Waals surface area contributed by atoms with E-state index in [4.69, 9.17) is 9.15 Å². The van der Waals surface area contributed by atoms with Crippen molar-refractivity contribution >= 4 is 5.91 Å². The first kappa shape index (κ1) is 21.8. The normalized spacial score (nSPS) is 13.9. The lowest BCUT2D eigenvalue weighted by Crippen LogP contribution is -2.28. The van der Waals surface area contributed by atoms with Gasteiger partial charge < -0.3 is 19.0 Å². The number of aryl methyl sites for hydroxylation is 2.